The summed E-state index contributed by atoms with van der Waals surface area (Å²) in [6.45, 7) is 8.51. The molecule has 5 nitrogen and oxygen atoms in total. The Morgan fingerprint density at radius 2 is 1.95 bits per heavy atom. The van der Waals surface area contributed by atoms with Gasteiger partial charge < -0.3 is 14.4 Å². The molecule has 0 saturated carbocycles. The Labute approximate surface area is 125 Å². The number of aryl methyl sites for hydroxylation is 1. The zero-order valence-electron chi connectivity index (χ0n) is 13.0. The van der Waals surface area contributed by atoms with E-state index < -0.39 is 5.60 Å². The van der Waals surface area contributed by atoms with Crippen LogP contribution in [-0.2, 0) is 10.3 Å². The number of rotatable bonds is 6. The highest BCUT2D eigenvalue weighted by Gasteiger charge is 2.34. The number of nitrogens with zero attached hydrogens (tertiary/aromatic N) is 2. The molecule has 5 heteroatoms. The molecule has 0 unspecified atom stereocenters. The van der Waals surface area contributed by atoms with Crippen LogP contribution in [-0.4, -0.2) is 21.9 Å². The van der Waals surface area contributed by atoms with Crippen molar-refractivity contribution >= 4 is 0 Å². The van der Waals surface area contributed by atoms with Crippen molar-refractivity contribution in [2.45, 2.75) is 46.1 Å². The number of aromatic nitrogens is 2. The number of hydrogen-bond donors (Lipinski definition) is 1. The number of hydrogen-bond acceptors (Lipinski definition) is 5. The van der Waals surface area contributed by atoms with E-state index in [4.69, 9.17) is 9.26 Å². The van der Waals surface area contributed by atoms with Crippen LogP contribution in [0.15, 0.2) is 22.7 Å². The molecule has 114 valence electrons. The van der Waals surface area contributed by atoms with Crippen LogP contribution in [0.4, 0.5) is 0 Å². The minimum Gasteiger partial charge on any atom is -0.508 e. The summed E-state index contributed by atoms with van der Waals surface area (Å²) in [7, 11) is 0. The smallest absolute Gasteiger partial charge is 0.258 e. The van der Waals surface area contributed by atoms with E-state index >= 15 is 0 Å². The molecule has 1 aromatic heterocycles. The number of benzene rings is 1. The van der Waals surface area contributed by atoms with Gasteiger partial charge in [-0.05, 0) is 50.5 Å². The first-order valence-corrected chi connectivity index (χ1v) is 7.34. The van der Waals surface area contributed by atoms with Gasteiger partial charge >= 0.3 is 0 Å². The second-order valence-electron chi connectivity index (χ2n) is 5.06. The predicted octanol–water partition coefficient (Wildman–Crippen LogP) is 3.80. The first-order chi connectivity index (χ1) is 10.1. The maximum Gasteiger partial charge on any atom is 0.258 e. The van der Waals surface area contributed by atoms with Gasteiger partial charge in [0.15, 0.2) is 0 Å². The third kappa shape index (κ3) is 2.93. The molecular weight excluding hydrogens is 268 g/mol. The summed E-state index contributed by atoms with van der Waals surface area (Å²) in [5.41, 5.74) is 1.07. The Morgan fingerprint density at radius 1 is 1.24 bits per heavy atom. The van der Waals surface area contributed by atoms with Crippen molar-refractivity contribution in [1.29, 1.82) is 0 Å². The molecule has 0 radical (unpaired) electrons. The van der Waals surface area contributed by atoms with Gasteiger partial charge in [0, 0.05) is 12.2 Å². The van der Waals surface area contributed by atoms with E-state index in [9.17, 15) is 5.11 Å². The van der Waals surface area contributed by atoms with Gasteiger partial charge in [-0.25, -0.2) is 0 Å². The molecule has 0 amide bonds. The Kier molecular flexibility index (Phi) is 4.63. The number of aromatic hydroxyl groups is 1. The highest BCUT2D eigenvalue weighted by Crippen LogP contribution is 2.33. The van der Waals surface area contributed by atoms with Crippen molar-refractivity contribution in [2.75, 3.05) is 6.61 Å². The van der Waals surface area contributed by atoms with Gasteiger partial charge in [-0.3, -0.25) is 0 Å². The fraction of sp³-hybridized carbons (Fsp3) is 0.500. The predicted molar refractivity (Wildman–Crippen MR) is 80.0 cm³/mol. The Bertz CT molecular complexity index is 603. The van der Waals surface area contributed by atoms with Gasteiger partial charge in [0.05, 0.1) is 0 Å². The summed E-state index contributed by atoms with van der Waals surface area (Å²) in [6.07, 6.45) is 1.57. The van der Waals surface area contributed by atoms with Gasteiger partial charge in [-0.2, -0.15) is 4.98 Å². The van der Waals surface area contributed by atoms with Crippen LogP contribution < -0.4 is 0 Å². The lowest BCUT2D eigenvalue weighted by atomic mass is 9.96. The molecule has 2 aromatic rings. The molecule has 1 aromatic carbocycles. The van der Waals surface area contributed by atoms with Crippen molar-refractivity contribution in [3.8, 4) is 17.2 Å². The maximum atomic E-state index is 9.58. The van der Waals surface area contributed by atoms with Crippen molar-refractivity contribution < 1.29 is 14.4 Å². The van der Waals surface area contributed by atoms with E-state index in [2.05, 4.69) is 24.0 Å². The van der Waals surface area contributed by atoms with Crippen molar-refractivity contribution in [2.24, 2.45) is 0 Å². The molecule has 0 bridgehead atoms. The quantitative estimate of drug-likeness (QED) is 0.876. The van der Waals surface area contributed by atoms with Crippen LogP contribution in [0.3, 0.4) is 0 Å². The van der Waals surface area contributed by atoms with Crippen LogP contribution >= 0.6 is 0 Å². The number of phenolic OH excluding ortho intramolecular Hbond substituents is 1. The highest BCUT2D eigenvalue weighted by molar-refractivity contribution is 5.56. The monoisotopic (exact) mass is 290 g/mol. The molecule has 0 aliphatic rings. The van der Waals surface area contributed by atoms with Crippen LogP contribution in [0, 0.1) is 6.92 Å². The van der Waals surface area contributed by atoms with E-state index in [1.807, 2.05) is 19.9 Å². The van der Waals surface area contributed by atoms with Crippen LogP contribution in [0.5, 0.6) is 5.75 Å². The molecule has 0 saturated heterocycles. The third-order valence-corrected chi connectivity index (χ3v) is 3.84. The molecule has 0 spiro atoms. The number of phenols is 1. The summed E-state index contributed by atoms with van der Waals surface area (Å²) in [5, 5.41) is 13.7. The van der Waals surface area contributed by atoms with Gasteiger partial charge in [0.25, 0.3) is 5.89 Å². The minimum atomic E-state index is -0.498. The topological polar surface area (TPSA) is 68.4 Å². The summed E-state index contributed by atoms with van der Waals surface area (Å²) in [4.78, 5) is 4.50. The van der Waals surface area contributed by atoms with Gasteiger partial charge in [0.1, 0.15) is 11.4 Å². The molecule has 1 N–H and O–H groups in total. The first kappa shape index (κ1) is 15.5. The van der Waals surface area contributed by atoms with Gasteiger partial charge in [-0.15, -0.1) is 0 Å². The molecule has 1 heterocycles. The average Bonchev–Trinajstić information content (AvgIpc) is 2.98. The largest absolute Gasteiger partial charge is 0.508 e. The standard InChI is InChI=1S/C16H22N2O3/c1-5-16(6-2,20-7-3)15-17-14(21-18-15)12-8-9-13(19)11(4)10-12/h8-10,19H,5-7H2,1-4H3. The molecule has 0 aliphatic carbocycles. The summed E-state index contributed by atoms with van der Waals surface area (Å²) >= 11 is 0. The summed E-state index contributed by atoms with van der Waals surface area (Å²) in [6, 6.07) is 5.22. The lowest BCUT2D eigenvalue weighted by molar-refractivity contribution is -0.0583. The molecule has 2 rings (SSSR count). The Hall–Kier alpha value is -1.88. The summed E-state index contributed by atoms with van der Waals surface area (Å²) < 4.78 is 11.3. The zero-order valence-corrected chi connectivity index (χ0v) is 13.0. The first-order valence-electron chi connectivity index (χ1n) is 7.34. The maximum absolute atomic E-state index is 9.58. The van der Waals surface area contributed by atoms with Crippen molar-refractivity contribution in [3.05, 3.63) is 29.6 Å². The normalized spacial score (nSPS) is 11.8. The molecule has 21 heavy (non-hydrogen) atoms. The van der Waals surface area contributed by atoms with Crippen LogP contribution in [0.25, 0.3) is 11.5 Å². The van der Waals surface area contributed by atoms with Crippen LogP contribution in [0.2, 0.25) is 0 Å². The van der Waals surface area contributed by atoms with E-state index in [1.54, 1.807) is 12.1 Å². The highest BCUT2D eigenvalue weighted by atomic mass is 16.5. The lowest BCUT2D eigenvalue weighted by Gasteiger charge is -2.27. The number of ether oxygens (including phenoxy) is 1. The molecule has 0 aliphatic heterocycles. The van der Waals surface area contributed by atoms with E-state index in [0.29, 0.717) is 18.3 Å². The fourth-order valence-corrected chi connectivity index (χ4v) is 2.43. The lowest BCUT2D eigenvalue weighted by Crippen LogP contribution is -2.29. The molecule has 0 atom stereocenters. The minimum absolute atomic E-state index is 0.254. The van der Waals surface area contributed by atoms with E-state index in [-0.39, 0.29) is 5.75 Å². The second-order valence-corrected chi connectivity index (χ2v) is 5.06. The van der Waals surface area contributed by atoms with E-state index in [1.165, 1.54) is 0 Å². The Balaban J connectivity index is 2.38. The SMILES string of the molecule is CCOC(CC)(CC)c1noc(-c2ccc(O)c(C)c2)n1. The van der Waals surface area contributed by atoms with E-state index in [0.717, 1.165) is 24.0 Å². The third-order valence-electron chi connectivity index (χ3n) is 3.84. The average molecular weight is 290 g/mol. The fourth-order valence-electron chi connectivity index (χ4n) is 2.43. The van der Waals surface area contributed by atoms with Gasteiger partial charge in [-0.1, -0.05) is 19.0 Å². The van der Waals surface area contributed by atoms with Gasteiger partial charge in [0.2, 0.25) is 5.82 Å². The van der Waals surface area contributed by atoms with Crippen molar-refractivity contribution in [1.82, 2.24) is 10.1 Å². The summed E-state index contributed by atoms with van der Waals surface area (Å²) in [5.74, 6) is 1.28. The second kappa shape index (κ2) is 6.26. The zero-order chi connectivity index (χ0) is 15.5. The Morgan fingerprint density at radius 3 is 2.52 bits per heavy atom. The van der Waals surface area contributed by atoms with Crippen LogP contribution in [0.1, 0.15) is 45.0 Å². The molecular formula is C16H22N2O3. The molecule has 0 fully saturated rings. The van der Waals surface area contributed by atoms with Crippen molar-refractivity contribution in [3.63, 3.8) is 0 Å².